The van der Waals surface area contributed by atoms with Gasteiger partial charge in [0.15, 0.2) is 0 Å². The molecule has 4 heteroatoms. The van der Waals surface area contributed by atoms with E-state index in [1.54, 1.807) is 14.2 Å². The maximum absolute atomic E-state index is 5.91. The quantitative estimate of drug-likeness (QED) is 0.813. The smallest absolute Gasteiger partial charge is 0.122 e. The number of rotatable bonds is 8. The number of hydrogen-bond acceptors (Lipinski definition) is 4. The van der Waals surface area contributed by atoms with Crippen LogP contribution in [0.2, 0.25) is 0 Å². The summed E-state index contributed by atoms with van der Waals surface area (Å²) in [6.07, 6.45) is 0.848. The van der Waals surface area contributed by atoms with Crippen LogP contribution in [-0.4, -0.2) is 27.4 Å². The van der Waals surface area contributed by atoms with Crippen molar-refractivity contribution in [1.82, 2.24) is 0 Å². The fraction of sp³-hybridized carbons (Fsp3) is 0.333. The van der Waals surface area contributed by atoms with Crippen LogP contribution >= 0.6 is 0 Å². The van der Waals surface area contributed by atoms with E-state index in [0.29, 0.717) is 13.2 Å². The minimum atomic E-state index is 0.251. The molecule has 22 heavy (non-hydrogen) atoms. The number of hydrogen-bond donors (Lipinski definition) is 1. The first-order valence-electron chi connectivity index (χ1n) is 7.37. The Morgan fingerprint density at radius 2 is 1.55 bits per heavy atom. The number of ether oxygens (including phenoxy) is 3. The summed E-state index contributed by atoms with van der Waals surface area (Å²) in [6.45, 7) is 1.18. The summed E-state index contributed by atoms with van der Waals surface area (Å²) < 4.78 is 16.2. The first-order chi connectivity index (χ1) is 10.8. The van der Waals surface area contributed by atoms with Gasteiger partial charge in [0.1, 0.15) is 17.2 Å². The SMILES string of the molecule is COc1cccc(OCCC(CN)c2cccc(OC)c2)c1. The van der Waals surface area contributed by atoms with Gasteiger partial charge < -0.3 is 19.9 Å². The number of methoxy groups -OCH3 is 2. The molecule has 0 spiro atoms. The lowest BCUT2D eigenvalue weighted by atomic mass is 9.96. The zero-order valence-electron chi connectivity index (χ0n) is 13.1. The molecule has 2 aromatic rings. The first kappa shape index (κ1) is 16.2. The van der Waals surface area contributed by atoms with E-state index in [-0.39, 0.29) is 5.92 Å². The number of benzene rings is 2. The molecule has 2 aromatic carbocycles. The molecular weight excluding hydrogens is 278 g/mol. The van der Waals surface area contributed by atoms with Gasteiger partial charge >= 0.3 is 0 Å². The maximum atomic E-state index is 5.91. The summed E-state index contributed by atoms with van der Waals surface area (Å²) in [7, 11) is 3.31. The second-order valence-corrected chi connectivity index (χ2v) is 5.03. The van der Waals surface area contributed by atoms with E-state index >= 15 is 0 Å². The molecule has 2 rings (SSSR count). The molecule has 0 aromatic heterocycles. The molecular formula is C18H23NO3. The molecule has 0 aliphatic carbocycles. The first-order valence-corrected chi connectivity index (χ1v) is 7.37. The number of nitrogens with two attached hydrogens (primary N) is 1. The van der Waals surface area contributed by atoms with Crippen LogP contribution in [0.4, 0.5) is 0 Å². The molecule has 0 aliphatic rings. The van der Waals surface area contributed by atoms with E-state index < -0.39 is 0 Å². The second kappa shape index (κ2) is 8.29. The third-order valence-electron chi connectivity index (χ3n) is 3.63. The van der Waals surface area contributed by atoms with Crippen molar-refractivity contribution in [3.05, 3.63) is 54.1 Å². The highest BCUT2D eigenvalue weighted by atomic mass is 16.5. The minimum Gasteiger partial charge on any atom is -0.497 e. The summed E-state index contributed by atoms with van der Waals surface area (Å²) in [5.74, 6) is 2.70. The second-order valence-electron chi connectivity index (χ2n) is 5.03. The largest absolute Gasteiger partial charge is 0.497 e. The Kier molecular flexibility index (Phi) is 6.10. The molecule has 118 valence electrons. The van der Waals surface area contributed by atoms with Crippen molar-refractivity contribution in [2.45, 2.75) is 12.3 Å². The van der Waals surface area contributed by atoms with Crippen molar-refractivity contribution in [3.8, 4) is 17.2 Å². The Morgan fingerprint density at radius 1 is 0.909 bits per heavy atom. The van der Waals surface area contributed by atoms with E-state index in [9.17, 15) is 0 Å². The molecule has 0 fully saturated rings. The van der Waals surface area contributed by atoms with Crippen LogP contribution in [-0.2, 0) is 0 Å². The van der Waals surface area contributed by atoms with Gasteiger partial charge in [-0.25, -0.2) is 0 Å². The Balaban J connectivity index is 1.93. The summed E-state index contributed by atoms with van der Waals surface area (Å²) in [4.78, 5) is 0. The zero-order valence-corrected chi connectivity index (χ0v) is 13.1. The molecule has 0 aliphatic heterocycles. The van der Waals surface area contributed by atoms with Gasteiger partial charge in [0, 0.05) is 6.07 Å². The Labute approximate surface area is 131 Å². The fourth-order valence-corrected chi connectivity index (χ4v) is 2.33. The van der Waals surface area contributed by atoms with Gasteiger partial charge in [-0.15, -0.1) is 0 Å². The Bertz CT molecular complexity index is 586. The molecule has 2 N–H and O–H groups in total. The Morgan fingerprint density at radius 3 is 2.23 bits per heavy atom. The van der Waals surface area contributed by atoms with Crippen molar-refractivity contribution in [3.63, 3.8) is 0 Å². The van der Waals surface area contributed by atoms with Crippen LogP contribution in [0, 0.1) is 0 Å². The lowest BCUT2D eigenvalue weighted by molar-refractivity contribution is 0.296. The predicted octanol–water partition coefficient (Wildman–Crippen LogP) is 3.22. The van der Waals surface area contributed by atoms with Crippen molar-refractivity contribution < 1.29 is 14.2 Å². The summed E-state index contributed by atoms with van der Waals surface area (Å²) in [5.41, 5.74) is 7.08. The topological polar surface area (TPSA) is 53.7 Å². The monoisotopic (exact) mass is 301 g/mol. The normalized spacial score (nSPS) is 11.8. The van der Waals surface area contributed by atoms with Crippen molar-refractivity contribution in [2.75, 3.05) is 27.4 Å². The van der Waals surface area contributed by atoms with Crippen LogP contribution in [0.3, 0.4) is 0 Å². The van der Waals surface area contributed by atoms with Crippen LogP contribution in [0.15, 0.2) is 48.5 Å². The standard InChI is InChI=1S/C18H23NO3/c1-20-16-6-3-5-14(11-16)15(13-19)9-10-22-18-8-4-7-17(12-18)21-2/h3-8,11-12,15H,9-10,13,19H2,1-2H3. The molecule has 4 nitrogen and oxygen atoms in total. The lowest BCUT2D eigenvalue weighted by Crippen LogP contribution is -2.15. The maximum Gasteiger partial charge on any atom is 0.122 e. The lowest BCUT2D eigenvalue weighted by Gasteiger charge is -2.16. The highest BCUT2D eigenvalue weighted by molar-refractivity contribution is 5.33. The van der Waals surface area contributed by atoms with Gasteiger partial charge in [-0.3, -0.25) is 0 Å². The molecule has 1 atom stereocenters. The molecule has 0 bridgehead atoms. The van der Waals surface area contributed by atoms with Gasteiger partial charge in [0.05, 0.1) is 20.8 Å². The van der Waals surface area contributed by atoms with Crippen molar-refractivity contribution >= 4 is 0 Å². The van der Waals surface area contributed by atoms with Gasteiger partial charge in [-0.05, 0) is 48.7 Å². The third kappa shape index (κ3) is 4.40. The van der Waals surface area contributed by atoms with Crippen LogP contribution < -0.4 is 19.9 Å². The third-order valence-corrected chi connectivity index (χ3v) is 3.63. The summed E-state index contributed by atoms with van der Waals surface area (Å²) in [6, 6.07) is 15.6. The van der Waals surface area contributed by atoms with Gasteiger partial charge in [-0.2, -0.15) is 0 Å². The van der Waals surface area contributed by atoms with E-state index in [0.717, 1.165) is 23.7 Å². The van der Waals surface area contributed by atoms with E-state index in [2.05, 4.69) is 6.07 Å². The molecule has 0 radical (unpaired) electrons. The van der Waals surface area contributed by atoms with Crippen LogP contribution in [0.1, 0.15) is 17.9 Å². The summed E-state index contributed by atoms with van der Waals surface area (Å²) >= 11 is 0. The average Bonchev–Trinajstić information content (AvgIpc) is 2.59. The van der Waals surface area contributed by atoms with Gasteiger partial charge in [0.25, 0.3) is 0 Å². The van der Waals surface area contributed by atoms with Crippen LogP contribution in [0.25, 0.3) is 0 Å². The van der Waals surface area contributed by atoms with E-state index in [1.165, 1.54) is 5.56 Å². The highest BCUT2D eigenvalue weighted by Crippen LogP contribution is 2.24. The molecule has 0 saturated heterocycles. The molecule has 0 amide bonds. The van der Waals surface area contributed by atoms with Crippen molar-refractivity contribution in [2.24, 2.45) is 5.73 Å². The fourth-order valence-electron chi connectivity index (χ4n) is 2.33. The van der Waals surface area contributed by atoms with E-state index in [1.807, 2.05) is 42.5 Å². The average molecular weight is 301 g/mol. The Hall–Kier alpha value is -2.20. The van der Waals surface area contributed by atoms with Crippen molar-refractivity contribution in [1.29, 1.82) is 0 Å². The summed E-state index contributed by atoms with van der Waals surface area (Å²) in [5, 5.41) is 0. The van der Waals surface area contributed by atoms with Gasteiger partial charge in [0.2, 0.25) is 0 Å². The predicted molar refractivity (Wildman–Crippen MR) is 87.9 cm³/mol. The minimum absolute atomic E-state index is 0.251. The van der Waals surface area contributed by atoms with E-state index in [4.69, 9.17) is 19.9 Å². The zero-order chi connectivity index (χ0) is 15.8. The van der Waals surface area contributed by atoms with Crippen LogP contribution in [0.5, 0.6) is 17.2 Å². The molecule has 0 saturated carbocycles. The highest BCUT2D eigenvalue weighted by Gasteiger charge is 2.11. The molecule has 0 heterocycles. The molecule has 1 unspecified atom stereocenters. The van der Waals surface area contributed by atoms with Gasteiger partial charge in [-0.1, -0.05) is 18.2 Å².